The molecule has 0 aliphatic rings. The Hall–Kier alpha value is -5.32. The summed E-state index contributed by atoms with van der Waals surface area (Å²) in [6.45, 7) is 3.68. The van der Waals surface area contributed by atoms with E-state index in [1.165, 1.54) is 22.5 Å². The van der Waals surface area contributed by atoms with Crippen molar-refractivity contribution in [2.24, 2.45) is 7.05 Å². The molecule has 0 saturated carbocycles. The molecule has 1 aromatic heterocycles. The first-order valence-electron chi connectivity index (χ1n) is 15.2. The Morgan fingerprint density at radius 1 is 0.875 bits per heavy atom. The van der Waals surface area contributed by atoms with E-state index >= 15 is 0 Å². The van der Waals surface area contributed by atoms with Gasteiger partial charge in [-0.2, -0.15) is 0 Å². The third-order valence-corrected chi connectivity index (χ3v) is 9.27. The Balaban J connectivity index is 1.33. The lowest BCUT2D eigenvalue weighted by Crippen LogP contribution is -2.30. The standard InChI is InChI=1S/C37H34ClN5O4S/c1-4-32(36(46)41-33-24(2)42(3)43(37(33)47)28-18-9-6-10-19-28)48-29-20-13-17-27(23-29)39-35(45)31(22-26-16-11-12-21-30(26)38)40-34(44)25-14-7-5-8-15-25/h5-23,32H,4H2,1-3H3,(H,39,45)(H,40,44)(H,41,46)/b31-22+. The summed E-state index contributed by atoms with van der Waals surface area (Å²) in [5.74, 6) is -1.31. The van der Waals surface area contributed by atoms with Gasteiger partial charge in [0.25, 0.3) is 17.4 Å². The quantitative estimate of drug-likeness (QED) is 0.102. The van der Waals surface area contributed by atoms with Gasteiger partial charge in [-0.05, 0) is 73.5 Å². The van der Waals surface area contributed by atoms with Crippen molar-refractivity contribution in [1.82, 2.24) is 14.7 Å². The zero-order valence-electron chi connectivity index (χ0n) is 26.6. The molecule has 0 radical (unpaired) electrons. The number of thioether (sulfide) groups is 1. The average Bonchev–Trinajstić information content (AvgIpc) is 3.31. The van der Waals surface area contributed by atoms with E-state index in [-0.39, 0.29) is 22.9 Å². The van der Waals surface area contributed by atoms with Gasteiger partial charge in [-0.1, -0.05) is 79.2 Å². The third kappa shape index (κ3) is 7.96. The van der Waals surface area contributed by atoms with E-state index in [4.69, 9.17) is 11.6 Å². The van der Waals surface area contributed by atoms with Gasteiger partial charge in [-0.3, -0.25) is 23.9 Å². The van der Waals surface area contributed by atoms with E-state index in [9.17, 15) is 19.2 Å². The van der Waals surface area contributed by atoms with Gasteiger partial charge >= 0.3 is 0 Å². The molecule has 0 saturated heterocycles. The second kappa shape index (κ2) is 15.5. The van der Waals surface area contributed by atoms with Gasteiger partial charge in [-0.15, -0.1) is 11.8 Å². The molecule has 0 bridgehead atoms. The van der Waals surface area contributed by atoms with Crippen molar-refractivity contribution in [3.8, 4) is 5.69 Å². The fraction of sp³-hybridized carbons (Fsp3) is 0.135. The van der Waals surface area contributed by atoms with Crippen LogP contribution in [-0.2, 0) is 16.6 Å². The van der Waals surface area contributed by atoms with Crippen molar-refractivity contribution in [3.05, 3.63) is 147 Å². The van der Waals surface area contributed by atoms with E-state index in [1.807, 2.05) is 43.3 Å². The van der Waals surface area contributed by atoms with Crippen molar-refractivity contribution in [1.29, 1.82) is 0 Å². The van der Waals surface area contributed by atoms with Crippen LogP contribution >= 0.6 is 23.4 Å². The molecule has 11 heteroatoms. The van der Waals surface area contributed by atoms with E-state index in [2.05, 4.69) is 16.0 Å². The molecular weight excluding hydrogens is 646 g/mol. The first-order chi connectivity index (χ1) is 23.2. The van der Waals surface area contributed by atoms with Gasteiger partial charge in [0.05, 0.1) is 16.6 Å². The van der Waals surface area contributed by atoms with E-state index < -0.39 is 17.1 Å². The van der Waals surface area contributed by atoms with Crippen LogP contribution in [0.5, 0.6) is 0 Å². The Bertz CT molecular complexity index is 2040. The Labute approximate surface area is 287 Å². The van der Waals surface area contributed by atoms with Gasteiger partial charge < -0.3 is 16.0 Å². The van der Waals surface area contributed by atoms with Gasteiger partial charge in [0, 0.05) is 28.2 Å². The summed E-state index contributed by atoms with van der Waals surface area (Å²) >= 11 is 7.67. The molecule has 5 aromatic rings. The van der Waals surface area contributed by atoms with Crippen LogP contribution in [0.15, 0.2) is 125 Å². The van der Waals surface area contributed by atoms with Crippen LogP contribution in [-0.4, -0.2) is 32.3 Å². The summed E-state index contributed by atoms with van der Waals surface area (Å²) in [6.07, 6.45) is 2.01. The van der Waals surface area contributed by atoms with Crippen LogP contribution in [0, 0.1) is 6.92 Å². The summed E-state index contributed by atoms with van der Waals surface area (Å²) < 4.78 is 3.23. The number of aromatic nitrogens is 2. The second-order valence-corrected chi connectivity index (χ2v) is 12.5. The summed E-state index contributed by atoms with van der Waals surface area (Å²) in [7, 11) is 1.77. The number of halogens is 1. The highest BCUT2D eigenvalue weighted by atomic mass is 35.5. The highest BCUT2D eigenvalue weighted by Gasteiger charge is 2.24. The lowest BCUT2D eigenvalue weighted by atomic mass is 10.1. The number of hydrogen-bond acceptors (Lipinski definition) is 5. The van der Waals surface area contributed by atoms with Crippen LogP contribution in [0.3, 0.4) is 0 Å². The van der Waals surface area contributed by atoms with Crippen molar-refractivity contribution in [2.45, 2.75) is 30.4 Å². The van der Waals surface area contributed by atoms with E-state index in [0.717, 1.165) is 4.90 Å². The topological polar surface area (TPSA) is 114 Å². The number of anilines is 2. The van der Waals surface area contributed by atoms with Gasteiger partial charge in [-0.25, -0.2) is 4.68 Å². The summed E-state index contributed by atoms with van der Waals surface area (Å²) in [5.41, 5.74) is 2.63. The molecule has 3 amide bonds. The zero-order valence-corrected chi connectivity index (χ0v) is 28.1. The minimum Gasteiger partial charge on any atom is -0.321 e. The van der Waals surface area contributed by atoms with Gasteiger partial charge in [0.2, 0.25) is 5.91 Å². The van der Waals surface area contributed by atoms with Crippen LogP contribution in [0.25, 0.3) is 11.8 Å². The normalized spacial score (nSPS) is 11.9. The number of nitrogens with one attached hydrogen (secondary N) is 3. The molecule has 1 unspecified atom stereocenters. The number of amides is 3. The van der Waals surface area contributed by atoms with E-state index in [0.29, 0.717) is 39.6 Å². The molecular formula is C37H34ClN5O4S. The largest absolute Gasteiger partial charge is 0.321 e. The SMILES string of the molecule is CCC(Sc1cccc(NC(=O)/C(=C\c2ccccc2Cl)NC(=O)c2ccccc2)c1)C(=O)Nc1c(C)n(C)n(-c2ccccc2)c1=O. The number of para-hydroxylation sites is 1. The highest BCUT2D eigenvalue weighted by molar-refractivity contribution is 8.00. The molecule has 9 nitrogen and oxygen atoms in total. The van der Waals surface area contributed by atoms with Crippen molar-refractivity contribution in [3.63, 3.8) is 0 Å². The maximum atomic E-state index is 13.6. The number of hydrogen-bond donors (Lipinski definition) is 3. The summed E-state index contributed by atoms with van der Waals surface area (Å²) in [4.78, 5) is 54.1. The van der Waals surface area contributed by atoms with Gasteiger partial charge in [0.15, 0.2) is 0 Å². The minimum atomic E-state index is -0.555. The molecule has 0 fully saturated rings. The second-order valence-electron chi connectivity index (χ2n) is 10.8. The molecule has 48 heavy (non-hydrogen) atoms. The first kappa shape index (κ1) is 34.0. The maximum Gasteiger partial charge on any atom is 0.295 e. The summed E-state index contributed by atoms with van der Waals surface area (Å²) in [6, 6.07) is 31.9. The molecule has 1 atom stereocenters. The summed E-state index contributed by atoms with van der Waals surface area (Å²) in [5, 5.41) is 8.32. The Kier molecular flexibility index (Phi) is 11.0. The monoisotopic (exact) mass is 679 g/mol. The smallest absolute Gasteiger partial charge is 0.295 e. The van der Waals surface area contributed by atoms with Crippen LogP contribution in [0.1, 0.15) is 35.0 Å². The zero-order chi connectivity index (χ0) is 34.2. The molecule has 3 N–H and O–H groups in total. The number of carbonyl (C=O) groups excluding carboxylic acids is 3. The molecule has 0 aliphatic heterocycles. The molecule has 4 aromatic carbocycles. The number of nitrogens with zero attached hydrogens (tertiary/aromatic N) is 2. The fourth-order valence-corrected chi connectivity index (χ4v) is 6.14. The highest BCUT2D eigenvalue weighted by Crippen LogP contribution is 2.29. The average molecular weight is 680 g/mol. The minimum absolute atomic E-state index is 0.000196. The number of benzene rings is 4. The van der Waals surface area contributed by atoms with E-state index in [1.54, 1.807) is 91.4 Å². The van der Waals surface area contributed by atoms with Crippen molar-refractivity contribution >= 4 is 58.5 Å². The predicted molar refractivity (Wildman–Crippen MR) is 193 cm³/mol. The van der Waals surface area contributed by atoms with Crippen molar-refractivity contribution < 1.29 is 14.4 Å². The molecule has 244 valence electrons. The van der Waals surface area contributed by atoms with Crippen LogP contribution in [0.2, 0.25) is 5.02 Å². The molecule has 1 heterocycles. The number of rotatable bonds is 11. The lowest BCUT2D eigenvalue weighted by molar-refractivity contribution is -0.116. The van der Waals surface area contributed by atoms with Crippen molar-refractivity contribution in [2.75, 3.05) is 10.6 Å². The van der Waals surface area contributed by atoms with Crippen LogP contribution in [0.4, 0.5) is 11.4 Å². The lowest BCUT2D eigenvalue weighted by Gasteiger charge is -2.15. The fourth-order valence-electron chi connectivity index (χ4n) is 4.94. The van der Waals surface area contributed by atoms with Crippen LogP contribution < -0.4 is 21.5 Å². The maximum absolute atomic E-state index is 13.6. The Morgan fingerprint density at radius 2 is 1.54 bits per heavy atom. The molecule has 5 rings (SSSR count). The first-order valence-corrected chi connectivity index (χ1v) is 16.5. The third-order valence-electron chi connectivity index (χ3n) is 7.57. The molecule has 0 aliphatic carbocycles. The Morgan fingerprint density at radius 3 is 2.23 bits per heavy atom. The van der Waals surface area contributed by atoms with Gasteiger partial charge in [0.1, 0.15) is 11.4 Å². The predicted octanol–water partition coefficient (Wildman–Crippen LogP) is 7.06. The molecule has 0 spiro atoms. The number of carbonyl (C=O) groups is 3.